The summed E-state index contributed by atoms with van der Waals surface area (Å²) in [6, 6.07) is 0.595. The van der Waals surface area contributed by atoms with E-state index in [2.05, 4.69) is 44.8 Å². The molecule has 1 aliphatic rings. The van der Waals surface area contributed by atoms with Crippen LogP contribution in [0.15, 0.2) is 0 Å². The van der Waals surface area contributed by atoms with Gasteiger partial charge in [-0.25, -0.2) is 0 Å². The summed E-state index contributed by atoms with van der Waals surface area (Å²) < 4.78 is 0. The Balaban J connectivity index is 2.33. The van der Waals surface area contributed by atoms with Gasteiger partial charge < -0.3 is 10.2 Å². The van der Waals surface area contributed by atoms with Crippen LogP contribution in [0.3, 0.4) is 0 Å². The van der Waals surface area contributed by atoms with Gasteiger partial charge in [-0.15, -0.1) is 0 Å². The molecule has 0 unspecified atom stereocenters. The summed E-state index contributed by atoms with van der Waals surface area (Å²) in [4.78, 5) is 2.68. The first kappa shape index (κ1) is 15.0. The third kappa shape index (κ3) is 7.05. The Labute approximate surface area is 108 Å². The molecule has 0 aromatic carbocycles. The van der Waals surface area contributed by atoms with Crippen molar-refractivity contribution in [1.82, 2.24) is 10.2 Å². The summed E-state index contributed by atoms with van der Waals surface area (Å²) in [7, 11) is 0. The van der Waals surface area contributed by atoms with Gasteiger partial charge in [-0.05, 0) is 37.1 Å². The molecule has 0 amide bonds. The lowest BCUT2D eigenvalue weighted by Gasteiger charge is -2.33. The maximum atomic E-state index is 3.58. The minimum atomic E-state index is 0.383. The fourth-order valence-corrected chi connectivity index (χ4v) is 2.36. The zero-order valence-corrected chi connectivity index (χ0v) is 12.6. The Morgan fingerprint density at radius 2 is 1.94 bits per heavy atom. The van der Waals surface area contributed by atoms with Crippen LogP contribution in [-0.2, 0) is 0 Å². The second-order valence-electron chi connectivity index (χ2n) is 6.88. The molecule has 0 aliphatic heterocycles. The van der Waals surface area contributed by atoms with E-state index in [0.29, 0.717) is 11.5 Å². The first-order chi connectivity index (χ1) is 7.93. The van der Waals surface area contributed by atoms with Gasteiger partial charge in [-0.1, -0.05) is 34.6 Å². The van der Waals surface area contributed by atoms with Crippen LogP contribution in [0, 0.1) is 11.3 Å². The fourth-order valence-electron chi connectivity index (χ4n) is 2.36. The van der Waals surface area contributed by atoms with Gasteiger partial charge in [0.25, 0.3) is 0 Å². The van der Waals surface area contributed by atoms with Crippen LogP contribution < -0.4 is 5.32 Å². The zero-order valence-electron chi connectivity index (χ0n) is 12.6. The standard InChI is InChI=1S/C15H32N2/c1-6-9-17(10-14-7-8-14)12-15(4,5)11-16-13(2)3/h13-14,16H,6-12H2,1-5H3. The Morgan fingerprint density at radius 3 is 2.41 bits per heavy atom. The lowest BCUT2D eigenvalue weighted by atomic mass is 9.92. The second-order valence-corrected chi connectivity index (χ2v) is 6.88. The van der Waals surface area contributed by atoms with Crippen molar-refractivity contribution in [1.29, 1.82) is 0 Å². The van der Waals surface area contributed by atoms with Crippen molar-refractivity contribution in [2.75, 3.05) is 26.2 Å². The smallest absolute Gasteiger partial charge is 0.00449 e. The molecule has 0 heterocycles. The van der Waals surface area contributed by atoms with Gasteiger partial charge in [-0.3, -0.25) is 0 Å². The molecule has 1 rings (SSSR count). The highest BCUT2D eigenvalue weighted by Crippen LogP contribution is 2.30. The molecule has 2 nitrogen and oxygen atoms in total. The summed E-state index contributed by atoms with van der Waals surface area (Å²) in [5, 5.41) is 3.58. The molecule has 1 saturated carbocycles. The molecule has 1 fully saturated rings. The first-order valence-corrected chi connectivity index (χ1v) is 7.38. The minimum Gasteiger partial charge on any atom is -0.314 e. The third-order valence-electron chi connectivity index (χ3n) is 3.39. The van der Waals surface area contributed by atoms with Gasteiger partial charge in [0, 0.05) is 25.7 Å². The summed E-state index contributed by atoms with van der Waals surface area (Å²) in [6.07, 6.45) is 4.20. The van der Waals surface area contributed by atoms with Crippen molar-refractivity contribution >= 4 is 0 Å². The summed E-state index contributed by atoms with van der Waals surface area (Å²) in [5.74, 6) is 1.01. The molecule has 0 radical (unpaired) electrons. The van der Waals surface area contributed by atoms with Gasteiger partial charge in [0.2, 0.25) is 0 Å². The average Bonchev–Trinajstić information content (AvgIpc) is 2.99. The van der Waals surface area contributed by atoms with E-state index >= 15 is 0 Å². The molecule has 0 aromatic heterocycles. The molecule has 0 atom stereocenters. The van der Waals surface area contributed by atoms with Crippen molar-refractivity contribution in [3.63, 3.8) is 0 Å². The molecule has 17 heavy (non-hydrogen) atoms. The molecular formula is C15H32N2. The second kappa shape index (κ2) is 6.75. The Kier molecular flexibility index (Phi) is 5.94. The first-order valence-electron chi connectivity index (χ1n) is 7.38. The number of hydrogen-bond acceptors (Lipinski definition) is 2. The maximum Gasteiger partial charge on any atom is 0.00449 e. The lowest BCUT2D eigenvalue weighted by molar-refractivity contribution is 0.166. The molecule has 1 aliphatic carbocycles. The Bertz CT molecular complexity index is 207. The topological polar surface area (TPSA) is 15.3 Å². The Hall–Kier alpha value is -0.0800. The van der Waals surface area contributed by atoms with Gasteiger partial charge in [0.1, 0.15) is 0 Å². The van der Waals surface area contributed by atoms with E-state index in [0.717, 1.165) is 12.5 Å². The highest BCUT2D eigenvalue weighted by molar-refractivity contribution is 4.82. The van der Waals surface area contributed by atoms with Gasteiger partial charge in [0.15, 0.2) is 0 Å². The summed E-state index contributed by atoms with van der Waals surface area (Å²) in [5.41, 5.74) is 0.383. The molecule has 0 aromatic rings. The van der Waals surface area contributed by atoms with E-state index in [-0.39, 0.29) is 0 Å². The van der Waals surface area contributed by atoms with Crippen molar-refractivity contribution in [3.8, 4) is 0 Å². The number of nitrogens with one attached hydrogen (secondary N) is 1. The highest BCUT2D eigenvalue weighted by Gasteiger charge is 2.27. The monoisotopic (exact) mass is 240 g/mol. The van der Waals surface area contributed by atoms with Gasteiger partial charge in [-0.2, -0.15) is 0 Å². The third-order valence-corrected chi connectivity index (χ3v) is 3.39. The minimum absolute atomic E-state index is 0.383. The van der Waals surface area contributed by atoms with Crippen molar-refractivity contribution in [3.05, 3.63) is 0 Å². The van der Waals surface area contributed by atoms with Crippen molar-refractivity contribution in [2.24, 2.45) is 11.3 Å². The fraction of sp³-hybridized carbons (Fsp3) is 1.00. The molecular weight excluding hydrogens is 208 g/mol. The maximum absolute atomic E-state index is 3.58. The van der Waals surface area contributed by atoms with Gasteiger partial charge in [0.05, 0.1) is 0 Å². The van der Waals surface area contributed by atoms with Gasteiger partial charge >= 0.3 is 0 Å². The van der Waals surface area contributed by atoms with E-state index in [9.17, 15) is 0 Å². The molecule has 0 saturated heterocycles. The normalized spacial score (nSPS) is 17.1. The number of nitrogens with zero attached hydrogens (tertiary/aromatic N) is 1. The van der Waals surface area contributed by atoms with Crippen LogP contribution in [-0.4, -0.2) is 37.1 Å². The van der Waals surface area contributed by atoms with Crippen LogP contribution in [0.5, 0.6) is 0 Å². The predicted molar refractivity (Wildman–Crippen MR) is 76.4 cm³/mol. The molecule has 102 valence electrons. The van der Waals surface area contributed by atoms with Crippen LogP contribution in [0.2, 0.25) is 0 Å². The predicted octanol–water partition coefficient (Wildman–Crippen LogP) is 3.13. The van der Waals surface area contributed by atoms with Crippen molar-refractivity contribution < 1.29 is 0 Å². The SMILES string of the molecule is CCCN(CC1CC1)CC(C)(C)CNC(C)C. The summed E-state index contributed by atoms with van der Waals surface area (Å²) in [6.45, 7) is 16.5. The van der Waals surface area contributed by atoms with Crippen molar-refractivity contribution in [2.45, 2.75) is 59.9 Å². The molecule has 2 heteroatoms. The largest absolute Gasteiger partial charge is 0.314 e. The molecule has 0 spiro atoms. The number of hydrogen-bond donors (Lipinski definition) is 1. The quantitative estimate of drug-likeness (QED) is 0.666. The van der Waals surface area contributed by atoms with Crippen LogP contribution >= 0.6 is 0 Å². The summed E-state index contributed by atoms with van der Waals surface area (Å²) >= 11 is 0. The Morgan fingerprint density at radius 1 is 1.29 bits per heavy atom. The highest BCUT2D eigenvalue weighted by atomic mass is 15.1. The lowest BCUT2D eigenvalue weighted by Crippen LogP contribution is -2.43. The molecule has 1 N–H and O–H groups in total. The zero-order chi connectivity index (χ0) is 12.9. The van der Waals surface area contributed by atoms with E-state index in [1.54, 1.807) is 0 Å². The van der Waals surface area contributed by atoms with Crippen LogP contribution in [0.1, 0.15) is 53.9 Å². The van der Waals surface area contributed by atoms with E-state index in [1.165, 1.54) is 38.9 Å². The molecule has 0 bridgehead atoms. The van der Waals surface area contributed by atoms with E-state index in [1.807, 2.05) is 0 Å². The number of rotatable bonds is 9. The van der Waals surface area contributed by atoms with Crippen LogP contribution in [0.25, 0.3) is 0 Å². The average molecular weight is 240 g/mol. The van der Waals surface area contributed by atoms with Crippen LogP contribution in [0.4, 0.5) is 0 Å². The van der Waals surface area contributed by atoms with E-state index < -0.39 is 0 Å². The van der Waals surface area contributed by atoms with E-state index in [4.69, 9.17) is 0 Å².